The van der Waals surface area contributed by atoms with Gasteiger partial charge in [0, 0.05) is 23.1 Å². The first-order chi connectivity index (χ1) is 8.81. The molecule has 1 aliphatic rings. The number of aromatic nitrogens is 1. The monoisotopic (exact) mass is 242 g/mol. The largest absolute Gasteiger partial charge is 0.344 e. The molecule has 1 aliphatic carbocycles. The molecule has 0 amide bonds. The Bertz CT molecular complexity index is 566. The topological polar surface area (TPSA) is 30.9 Å². The van der Waals surface area contributed by atoms with E-state index in [2.05, 4.69) is 29.7 Å². The number of aryl methyl sites for hydroxylation is 3. The maximum absolute atomic E-state index is 5.68. The van der Waals surface area contributed by atoms with E-state index in [1.54, 1.807) is 11.3 Å². The van der Waals surface area contributed by atoms with Gasteiger partial charge in [-0.25, -0.2) is 0 Å². The van der Waals surface area contributed by atoms with Crippen LogP contribution in [0.15, 0.2) is 18.2 Å². The summed E-state index contributed by atoms with van der Waals surface area (Å²) in [5.41, 5.74) is 11.6. The van der Waals surface area contributed by atoms with Gasteiger partial charge in [0.25, 0.3) is 0 Å². The summed E-state index contributed by atoms with van der Waals surface area (Å²) in [7, 11) is 0. The van der Waals surface area contributed by atoms with E-state index in [0.717, 1.165) is 19.5 Å². The number of benzene rings is 1. The van der Waals surface area contributed by atoms with Crippen molar-refractivity contribution in [2.45, 2.75) is 45.6 Å². The van der Waals surface area contributed by atoms with Gasteiger partial charge in [-0.3, -0.25) is 0 Å². The lowest BCUT2D eigenvalue weighted by molar-refractivity contribution is 0.596. The summed E-state index contributed by atoms with van der Waals surface area (Å²) in [5.74, 6) is 0. The van der Waals surface area contributed by atoms with Crippen LogP contribution in [0.5, 0.6) is 0 Å². The van der Waals surface area contributed by atoms with E-state index in [9.17, 15) is 0 Å². The Morgan fingerprint density at radius 1 is 1.22 bits per heavy atom. The van der Waals surface area contributed by atoms with Crippen LogP contribution in [0.1, 0.15) is 36.1 Å². The molecular weight excluding hydrogens is 220 g/mol. The van der Waals surface area contributed by atoms with Gasteiger partial charge in [0.1, 0.15) is 0 Å². The predicted molar refractivity (Wildman–Crippen MR) is 77.0 cm³/mol. The zero-order valence-electron chi connectivity index (χ0n) is 11.2. The Balaban J connectivity index is 2.19. The molecule has 2 N–H and O–H groups in total. The molecule has 96 valence electrons. The maximum Gasteiger partial charge on any atom is 0.0488 e. The molecule has 0 radical (unpaired) electrons. The van der Waals surface area contributed by atoms with Crippen molar-refractivity contribution in [3.63, 3.8) is 0 Å². The fourth-order valence-electron chi connectivity index (χ4n) is 3.25. The lowest BCUT2D eigenvalue weighted by atomic mass is 9.95. The summed E-state index contributed by atoms with van der Waals surface area (Å²) in [6, 6.07) is 6.89. The molecule has 1 heterocycles. The van der Waals surface area contributed by atoms with Gasteiger partial charge in [-0.2, -0.15) is 0 Å². The number of hydrogen-bond donors (Lipinski definition) is 1. The maximum atomic E-state index is 5.68. The molecule has 2 nitrogen and oxygen atoms in total. The van der Waals surface area contributed by atoms with Gasteiger partial charge in [0.2, 0.25) is 0 Å². The zero-order valence-corrected chi connectivity index (χ0v) is 11.2. The van der Waals surface area contributed by atoms with Gasteiger partial charge >= 0.3 is 0 Å². The van der Waals surface area contributed by atoms with Crippen LogP contribution in [0.25, 0.3) is 10.9 Å². The number of nitrogens with two attached hydrogens (primary N) is 1. The van der Waals surface area contributed by atoms with Crippen molar-refractivity contribution < 1.29 is 0 Å². The Morgan fingerprint density at radius 3 is 2.89 bits per heavy atom. The average molecular weight is 242 g/mol. The lowest BCUT2D eigenvalue weighted by Crippen LogP contribution is -2.11. The normalized spacial score (nSPS) is 15.0. The Kier molecular flexibility index (Phi) is 3.13. The number of fused-ring (bicyclic) bond motifs is 3. The van der Waals surface area contributed by atoms with Crippen molar-refractivity contribution in [3.8, 4) is 0 Å². The molecule has 0 aliphatic heterocycles. The third kappa shape index (κ3) is 1.85. The smallest absolute Gasteiger partial charge is 0.0488 e. The van der Waals surface area contributed by atoms with Gasteiger partial charge in [-0.05, 0) is 62.8 Å². The minimum atomic E-state index is 0.778. The molecule has 0 saturated carbocycles. The second-order valence-electron chi connectivity index (χ2n) is 5.45. The van der Waals surface area contributed by atoms with Crippen LogP contribution in [0.2, 0.25) is 0 Å². The molecule has 0 saturated heterocycles. The Labute approximate surface area is 109 Å². The van der Waals surface area contributed by atoms with Crippen LogP contribution in [0.4, 0.5) is 0 Å². The highest BCUT2D eigenvalue weighted by molar-refractivity contribution is 5.86. The van der Waals surface area contributed by atoms with Crippen LogP contribution < -0.4 is 5.73 Å². The molecule has 18 heavy (non-hydrogen) atoms. The molecule has 1 aromatic heterocycles. The lowest BCUT2D eigenvalue weighted by Gasteiger charge is -2.15. The molecular formula is C16H22N2. The molecule has 0 atom stereocenters. The molecule has 0 unspecified atom stereocenters. The molecule has 2 heteroatoms. The van der Waals surface area contributed by atoms with Gasteiger partial charge < -0.3 is 10.3 Å². The average Bonchev–Trinajstić information content (AvgIpc) is 2.70. The third-order valence-electron chi connectivity index (χ3n) is 4.12. The standard InChI is InChI=1S/C16H22N2/c1-12-7-8-14-13-5-2-3-6-15(13)18(10-4-9-17)16(14)11-12/h7-8,11H,2-6,9-10,17H2,1H3. The van der Waals surface area contributed by atoms with E-state index in [4.69, 9.17) is 5.73 Å². The first-order valence-corrected chi connectivity index (χ1v) is 7.12. The highest BCUT2D eigenvalue weighted by atomic mass is 15.0. The van der Waals surface area contributed by atoms with Crippen LogP contribution in [0, 0.1) is 6.92 Å². The van der Waals surface area contributed by atoms with Crippen molar-refractivity contribution >= 4 is 10.9 Å². The molecule has 0 fully saturated rings. The van der Waals surface area contributed by atoms with Gasteiger partial charge in [-0.1, -0.05) is 12.1 Å². The van der Waals surface area contributed by atoms with E-state index in [1.807, 2.05) is 0 Å². The van der Waals surface area contributed by atoms with E-state index >= 15 is 0 Å². The van der Waals surface area contributed by atoms with E-state index in [-0.39, 0.29) is 0 Å². The first kappa shape index (κ1) is 11.8. The van der Waals surface area contributed by atoms with Crippen LogP contribution in [-0.4, -0.2) is 11.1 Å². The summed E-state index contributed by atoms with van der Waals surface area (Å²) in [6.07, 6.45) is 6.25. The number of nitrogens with zero attached hydrogens (tertiary/aromatic N) is 1. The van der Waals surface area contributed by atoms with Crippen LogP contribution in [-0.2, 0) is 19.4 Å². The summed E-state index contributed by atoms with van der Waals surface area (Å²) in [4.78, 5) is 0. The molecule has 1 aromatic carbocycles. The van der Waals surface area contributed by atoms with Crippen molar-refractivity contribution in [2.75, 3.05) is 6.54 Å². The fourth-order valence-corrected chi connectivity index (χ4v) is 3.25. The van der Waals surface area contributed by atoms with Gasteiger partial charge in [-0.15, -0.1) is 0 Å². The van der Waals surface area contributed by atoms with Gasteiger partial charge in [0.05, 0.1) is 0 Å². The van der Waals surface area contributed by atoms with Crippen LogP contribution >= 0.6 is 0 Å². The van der Waals surface area contributed by atoms with Crippen molar-refractivity contribution in [2.24, 2.45) is 5.73 Å². The Morgan fingerprint density at radius 2 is 2.06 bits per heavy atom. The first-order valence-electron chi connectivity index (χ1n) is 7.12. The predicted octanol–water partition coefficient (Wildman–Crippen LogP) is 3.18. The molecule has 0 bridgehead atoms. The van der Waals surface area contributed by atoms with E-state index in [0.29, 0.717) is 0 Å². The minimum absolute atomic E-state index is 0.778. The minimum Gasteiger partial charge on any atom is -0.344 e. The highest BCUT2D eigenvalue weighted by Crippen LogP contribution is 2.32. The van der Waals surface area contributed by atoms with Crippen molar-refractivity contribution in [1.29, 1.82) is 0 Å². The second-order valence-corrected chi connectivity index (χ2v) is 5.45. The van der Waals surface area contributed by atoms with Crippen molar-refractivity contribution in [1.82, 2.24) is 4.57 Å². The fraction of sp³-hybridized carbons (Fsp3) is 0.500. The second kappa shape index (κ2) is 4.77. The highest BCUT2D eigenvalue weighted by Gasteiger charge is 2.19. The summed E-state index contributed by atoms with van der Waals surface area (Å²) >= 11 is 0. The third-order valence-corrected chi connectivity index (χ3v) is 4.12. The van der Waals surface area contributed by atoms with Crippen LogP contribution in [0.3, 0.4) is 0 Å². The van der Waals surface area contributed by atoms with E-state index in [1.165, 1.54) is 42.1 Å². The molecule has 2 aromatic rings. The zero-order chi connectivity index (χ0) is 12.5. The van der Waals surface area contributed by atoms with Gasteiger partial charge in [0.15, 0.2) is 0 Å². The molecule has 3 rings (SSSR count). The summed E-state index contributed by atoms with van der Waals surface area (Å²) in [5, 5.41) is 1.48. The van der Waals surface area contributed by atoms with E-state index < -0.39 is 0 Å². The number of rotatable bonds is 3. The molecule has 0 spiro atoms. The van der Waals surface area contributed by atoms with Crippen molar-refractivity contribution in [3.05, 3.63) is 35.0 Å². The number of hydrogen-bond acceptors (Lipinski definition) is 1. The summed E-state index contributed by atoms with van der Waals surface area (Å²) < 4.78 is 2.53. The quantitative estimate of drug-likeness (QED) is 0.880. The Hall–Kier alpha value is -1.28. The SMILES string of the molecule is Cc1ccc2c3c(n(CCCN)c2c1)CCCC3. The summed E-state index contributed by atoms with van der Waals surface area (Å²) in [6.45, 7) is 4.03.